The van der Waals surface area contributed by atoms with E-state index in [-0.39, 0.29) is 12.5 Å². The van der Waals surface area contributed by atoms with E-state index in [0.717, 1.165) is 31.5 Å². The minimum atomic E-state index is -0.230. The zero-order valence-corrected chi connectivity index (χ0v) is 17.9. The summed E-state index contributed by atoms with van der Waals surface area (Å²) >= 11 is 8.30. The highest BCUT2D eigenvalue weighted by Crippen LogP contribution is 2.32. The van der Waals surface area contributed by atoms with Gasteiger partial charge in [0.2, 0.25) is 0 Å². The molecule has 4 nitrogen and oxygen atoms in total. The van der Waals surface area contributed by atoms with Crippen molar-refractivity contribution in [2.24, 2.45) is 0 Å². The van der Waals surface area contributed by atoms with Gasteiger partial charge in [-0.25, -0.2) is 4.98 Å². The number of rotatable bonds is 6. The molecule has 0 unspecified atom stereocenters. The summed E-state index contributed by atoms with van der Waals surface area (Å²) in [5.74, 6) is 0.416. The Bertz CT molecular complexity index is 893. The number of anilines is 1. The van der Waals surface area contributed by atoms with Gasteiger partial charge in [-0.2, -0.15) is 0 Å². The fraction of sp³-hybridized carbons (Fsp3) is 0.158. The molecule has 1 amide bonds. The summed E-state index contributed by atoms with van der Waals surface area (Å²) in [5.41, 5.74) is 1.95. The summed E-state index contributed by atoms with van der Waals surface area (Å²) < 4.78 is 7.48. The van der Waals surface area contributed by atoms with Crippen LogP contribution in [0.4, 0.5) is 5.13 Å². The second-order valence-corrected chi connectivity index (χ2v) is 8.36. The number of carbonyl (C=O) groups is 1. The molecule has 26 heavy (non-hydrogen) atoms. The number of halogens is 2. The SMILES string of the molecule is CCc1sc(NC(=O)COc2ccc(Br)cc2)nc1-c1ccc(Br)cc1. The fourth-order valence-corrected chi connectivity index (χ4v) is 3.78. The summed E-state index contributed by atoms with van der Waals surface area (Å²) in [7, 11) is 0. The van der Waals surface area contributed by atoms with Crippen molar-refractivity contribution in [1.29, 1.82) is 0 Å². The molecule has 0 saturated carbocycles. The van der Waals surface area contributed by atoms with Crippen LogP contribution in [0.15, 0.2) is 57.5 Å². The maximum Gasteiger partial charge on any atom is 0.264 e. The maximum absolute atomic E-state index is 12.2. The third-order valence-corrected chi connectivity index (χ3v) is 5.74. The molecule has 3 aromatic rings. The van der Waals surface area contributed by atoms with Gasteiger partial charge in [0, 0.05) is 19.4 Å². The van der Waals surface area contributed by atoms with Crippen LogP contribution < -0.4 is 10.1 Å². The molecule has 7 heteroatoms. The largest absolute Gasteiger partial charge is 0.484 e. The molecule has 0 aliphatic rings. The van der Waals surface area contributed by atoms with E-state index >= 15 is 0 Å². The van der Waals surface area contributed by atoms with Gasteiger partial charge in [-0.05, 0) is 42.8 Å². The third kappa shape index (κ3) is 4.93. The Morgan fingerprint density at radius 1 is 1.08 bits per heavy atom. The molecule has 0 spiro atoms. The molecule has 0 saturated heterocycles. The van der Waals surface area contributed by atoms with E-state index in [1.54, 1.807) is 0 Å². The lowest BCUT2D eigenvalue weighted by Crippen LogP contribution is -2.20. The van der Waals surface area contributed by atoms with Crippen LogP contribution in [0.2, 0.25) is 0 Å². The Balaban J connectivity index is 1.66. The number of aryl methyl sites for hydroxylation is 1. The van der Waals surface area contributed by atoms with Gasteiger partial charge in [-0.15, -0.1) is 11.3 Å². The van der Waals surface area contributed by atoms with Gasteiger partial charge in [-0.1, -0.05) is 50.9 Å². The summed E-state index contributed by atoms with van der Waals surface area (Å²) in [4.78, 5) is 17.9. The van der Waals surface area contributed by atoms with Crippen molar-refractivity contribution in [3.05, 3.63) is 62.4 Å². The average Bonchev–Trinajstić information content (AvgIpc) is 3.04. The molecule has 1 N–H and O–H groups in total. The molecule has 134 valence electrons. The molecule has 2 aromatic carbocycles. The van der Waals surface area contributed by atoms with Gasteiger partial charge in [-0.3, -0.25) is 10.1 Å². The van der Waals surface area contributed by atoms with Crippen molar-refractivity contribution in [3.8, 4) is 17.0 Å². The average molecular weight is 496 g/mol. The molecule has 0 aliphatic heterocycles. The van der Waals surface area contributed by atoms with Crippen LogP contribution in [0.25, 0.3) is 11.3 Å². The molecule has 1 heterocycles. The zero-order valence-electron chi connectivity index (χ0n) is 14.0. The quantitative estimate of drug-likeness (QED) is 0.462. The van der Waals surface area contributed by atoms with Crippen molar-refractivity contribution >= 4 is 54.2 Å². The Kier molecular flexibility index (Phi) is 6.45. The van der Waals surface area contributed by atoms with Crippen LogP contribution in [0.5, 0.6) is 5.75 Å². The number of thiazole rings is 1. The molecule has 0 bridgehead atoms. The van der Waals surface area contributed by atoms with Crippen LogP contribution >= 0.6 is 43.2 Å². The normalized spacial score (nSPS) is 10.6. The molecule has 0 radical (unpaired) electrons. The van der Waals surface area contributed by atoms with Gasteiger partial charge in [0.1, 0.15) is 5.75 Å². The van der Waals surface area contributed by atoms with Crippen molar-refractivity contribution in [1.82, 2.24) is 4.98 Å². The summed E-state index contributed by atoms with van der Waals surface area (Å²) in [5, 5.41) is 3.41. The van der Waals surface area contributed by atoms with E-state index in [2.05, 4.69) is 49.1 Å². The minimum absolute atomic E-state index is 0.0592. The fourth-order valence-electron chi connectivity index (χ4n) is 2.31. The predicted molar refractivity (Wildman–Crippen MR) is 113 cm³/mol. The van der Waals surface area contributed by atoms with Crippen LogP contribution in [0.1, 0.15) is 11.8 Å². The highest BCUT2D eigenvalue weighted by atomic mass is 79.9. The number of aromatic nitrogens is 1. The predicted octanol–water partition coefficient (Wildman–Crippen LogP) is 5.92. The number of hydrogen-bond donors (Lipinski definition) is 1. The lowest BCUT2D eigenvalue weighted by Gasteiger charge is -2.05. The topological polar surface area (TPSA) is 51.2 Å². The molecular weight excluding hydrogens is 480 g/mol. The van der Waals surface area contributed by atoms with Gasteiger partial charge in [0.05, 0.1) is 5.69 Å². The van der Waals surface area contributed by atoms with Gasteiger partial charge >= 0.3 is 0 Å². The second-order valence-electron chi connectivity index (χ2n) is 5.44. The zero-order chi connectivity index (χ0) is 18.5. The summed E-state index contributed by atoms with van der Waals surface area (Å²) in [6.07, 6.45) is 0.855. The monoisotopic (exact) mass is 494 g/mol. The van der Waals surface area contributed by atoms with E-state index in [0.29, 0.717) is 10.9 Å². The molecule has 1 aromatic heterocycles. The highest BCUT2D eigenvalue weighted by Gasteiger charge is 2.14. The maximum atomic E-state index is 12.2. The van der Waals surface area contributed by atoms with E-state index in [1.165, 1.54) is 11.3 Å². The Morgan fingerprint density at radius 2 is 1.69 bits per heavy atom. The van der Waals surface area contributed by atoms with Gasteiger partial charge in [0.25, 0.3) is 5.91 Å². The number of carbonyl (C=O) groups excluding carboxylic acids is 1. The first-order valence-electron chi connectivity index (χ1n) is 7.99. The third-order valence-electron chi connectivity index (χ3n) is 3.57. The Morgan fingerprint density at radius 3 is 2.31 bits per heavy atom. The van der Waals surface area contributed by atoms with Crippen molar-refractivity contribution in [3.63, 3.8) is 0 Å². The Labute approximate surface area is 172 Å². The summed E-state index contributed by atoms with van der Waals surface area (Å²) in [6, 6.07) is 15.3. The first-order valence-corrected chi connectivity index (χ1v) is 10.4. The molecule has 0 fully saturated rings. The lowest BCUT2D eigenvalue weighted by molar-refractivity contribution is -0.118. The number of nitrogens with one attached hydrogen (secondary N) is 1. The van der Waals surface area contributed by atoms with Crippen LogP contribution in [0.3, 0.4) is 0 Å². The lowest BCUT2D eigenvalue weighted by atomic mass is 10.1. The van der Waals surface area contributed by atoms with Gasteiger partial charge < -0.3 is 4.74 Å². The smallest absolute Gasteiger partial charge is 0.264 e. The second kappa shape index (κ2) is 8.79. The van der Waals surface area contributed by atoms with Crippen LogP contribution in [-0.4, -0.2) is 17.5 Å². The highest BCUT2D eigenvalue weighted by molar-refractivity contribution is 9.10. The van der Waals surface area contributed by atoms with Crippen molar-refractivity contribution < 1.29 is 9.53 Å². The van der Waals surface area contributed by atoms with E-state index in [9.17, 15) is 4.79 Å². The Hall–Kier alpha value is -1.70. The number of nitrogens with zero attached hydrogens (tertiary/aromatic N) is 1. The van der Waals surface area contributed by atoms with E-state index in [1.807, 2.05) is 48.5 Å². The molecule has 0 aliphatic carbocycles. The van der Waals surface area contributed by atoms with Crippen molar-refractivity contribution in [2.45, 2.75) is 13.3 Å². The number of benzene rings is 2. The first-order chi connectivity index (χ1) is 12.5. The molecular formula is C19H16Br2N2O2S. The van der Waals surface area contributed by atoms with Gasteiger partial charge in [0.15, 0.2) is 11.7 Å². The van der Waals surface area contributed by atoms with E-state index in [4.69, 9.17) is 4.74 Å². The number of amides is 1. The van der Waals surface area contributed by atoms with Crippen molar-refractivity contribution in [2.75, 3.05) is 11.9 Å². The van der Waals surface area contributed by atoms with E-state index < -0.39 is 0 Å². The minimum Gasteiger partial charge on any atom is -0.484 e. The summed E-state index contributed by atoms with van der Waals surface area (Å²) in [6.45, 7) is 2.02. The van der Waals surface area contributed by atoms with Crippen LogP contribution in [-0.2, 0) is 11.2 Å². The molecule has 0 atom stereocenters. The van der Waals surface area contributed by atoms with Crippen LogP contribution in [0, 0.1) is 0 Å². The number of hydrogen-bond acceptors (Lipinski definition) is 4. The molecule has 3 rings (SSSR count). The first kappa shape index (κ1) is 19.1. The standard InChI is InChI=1S/C19H16Br2N2O2S/c1-2-16-18(12-3-5-13(20)6-4-12)23-19(26-16)22-17(24)11-25-15-9-7-14(21)8-10-15/h3-10H,2,11H2,1H3,(H,22,23,24). The number of ether oxygens (including phenoxy) is 1.